The predicted octanol–water partition coefficient (Wildman–Crippen LogP) is 4.51. The first-order valence-corrected chi connectivity index (χ1v) is 8.76. The number of aromatic amines is 1. The summed E-state index contributed by atoms with van der Waals surface area (Å²) in [5.41, 5.74) is 4.73. The van der Waals surface area contributed by atoms with Gasteiger partial charge < -0.3 is 9.88 Å². The zero-order valence-corrected chi connectivity index (χ0v) is 14.7. The molecule has 1 N–H and O–H groups in total. The van der Waals surface area contributed by atoms with Gasteiger partial charge in [0.1, 0.15) is 5.82 Å². The van der Waals surface area contributed by atoms with Crippen molar-refractivity contribution in [3.8, 4) is 0 Å². The minimum atomic E-state index is -0.568. The Kier molecular flexibility index (Phi) is 4.00. The number of halogens is 2. The van der Waals surface area contributed by atoms with Gasteiger partial charge in [-0.15, -0.1) is 0 Å². The number of H-pyrrole nitrogens is 1. The predicted molar refractivity (Wildman–Crippen MR) is 97.8 cm³/mol. The number of carbonyl (C=O) groups excluding carboxylic acids is 1. The maximum atomic E-state index is 14.1. The molecule has 0 saturated carbocycles. The molecule has 0 bridgehead atoms. The molecule has 2 aromatic carbocycles. The molecule has 0 fully saturated rings. The second-order valence-corrected chi connectivity index (χ2v) is 6.93. The van der Waals surface area contributed by atoms with Crippen molar-refractivity contribution in [1.29, 1.82) is 0 Å². The van der Waals surface area contributed by atoms with Gasteiger partial charge in [0.25, 0.3) is 5.91 Å². The van der Waals surface area contributed by atoms with Crippen LogP contribution in [0, 0.1) is 12.7 Å². The first-order valence-electron chi connectivity index (χ1n) is 8.38. The van der Waals surface area contributed by atoms with E-state index in [1.54, 1.807) is 11.0 Å². The summed E-state index contributed by atoms with van der Waals surface area (Å²) in [6.07, 6.45) is 1.47. The quantitative estimate of drug-likeness (QED) is 0.684. The Balaban J connectivity index is 1.64. The maximum Gasteiger partial charge on any atom is 0.258 e. The van der Waals surface area contributed by atoms with Gasteiger partial charge in [0.2, 0.25) is 0 Å². The highest BCUT2D eigenvalue weighted by atomic mass is 35.5. The Morgan fingerprint density at radius 1 is 1.20 bits per heavy atom. The highest BCUT2D eigenvalue weighted by Crippen LogP contribution is 2.28. The van der Waals surface area contributed by atoms with Crippen LogP contribution in [0.25, 0.3) is 10.9 Å². The van der Waals surface area contributed by atoms with Gasteiger partial charge in [-0.2, -0.15) is 0 Å². The van der Waals surface area contributed by atoms with Crippen LogP contribution in [-0.4, -0.2) is 28.9 Å². The molecule has 3 aromatic rings. The van der Waals surface area contributed by atoms with E-state index < -0.39 is 5.82 Å². The molecular weight excluding hydrogens is 339 g/mol. The molecule has 1 aromatic heterocycles. The number of rotatable bonds is 1. The summed E-state index contributed by atoms with van der Waals surface area (Å²) in [4.78, 5) is 17.9. The number of carbonyl (C=O) groups is 1. The Labute approximate surface area is 150 Å². The number of aryl methyl sites for hydroxylation is 1. The van der Waals surface area contributed by atoms with Crippen molar-refractivity contribution in [3.63, 3.8) is 0 Å². The van der Waals surface area contributed by atoms with Crippen LogP contribution in [0.4, 0.5) is 4.39 Å². The largest absolute Gasteiger partial charge is 0.358 e. The summed E-state index contributed by atoms with van der Waals surface area (Å²) in [6, 6.07) is 10.7. The topological polar surface area (TPSA) is 36.1 Å². The molecule has 1 aliphatic heterocycles. The summed E-state index contributed by atoms with van der Waals surface area (Å²) in [5, 5.41) is 1.38. The van der Waals surface area contributed by atoms with Gasteiger partial charge in [-0.1, -0.05) is 29.3 Å². The van der Waals surface area contributed by atoms with E-state index in [1.807, 2.05) is 0 Å². The van der Waals surface area contributed by atoms with Crippen molar-refractivity contribution in [2.75, 3.05) is 13.1 Å². The Bertz CT molecular complexity index is 959. The first-order chi connectivity index (χ1) is 12.0. The summed E-state index contributed by atoms with van der Waals surface area (Å²) in [6.45, 7) is 3.17. The van der Waals surface area contributed by atoms with E-state index in [0.29, 0.717) is 13.1 Å². The normalized spacial score (nSPS) is 14.4. The third-order valence-corrected chi connectivity index (χ3v) is 5.19. The second kappa shape index (κ2) is 6.19. The van der Waals surface area contributed by atoms with E-state index in [9.17, 15) is 9.18 Å². The molecule has 1 aliphatic rings. The molecule has 128 valence electrons. The molecule has 0 saturated heterocycles. The maximum absolute atomic E-state index is 14.1. The molecule has 3 nitrogen and oxygen atoms in total. The molecule has 4 rings (SSSR count). The van der Waals surface area contributed by atoms with Crippen molar-refractivity contribution >= 4 is 28.4 Å². The number of fused-ring (bicyclic) bond motifs is 3. The lowest BCUT2D eigenvalue weighted by molar-refractivity contribution is 0.0758. The number of aromatic nitrogens is 1. The van der Waals surface area contributed by atoms with E-state index in [2.05, 4.69) is 30.1 Å². The van der Waals surface area contributed by atoms with Gasteiger partial charge in [-0.3, -0.25) is 4.79 Å². The second-order valence-electron chi connectivity index (χ2n) is 6.52. The smallest absolute Gasteiger partial charge is 0.258 e. The zero-order valence-electron chi connectivity index (χ0n) is 13.9. The van der Waals surface area contributed by atoms with Crippen LogP contribution < -0.4 is 0 Å². The number of nitrogens with zero attached hydrogens (tertiary/aromatic N) is 1. The van der Waals surface area contributed by atoms with Gasteiger partial charge >= 0.3 is 0 Å². The van der Waals surface area contributed by atoms with Crippen LogP contribution in [0.1, 0.15) is 27.2 Å². The fraction of sp³-hybridized carbons (Fsp3) is 0.250. The van der Waals surface area contributed by atoms with Gasteiger partial charge in [0, 0.05) is 36.1 Å². The number of amides is 1. The van der Waals surface area contributed by atoms with E-state index in [4.69, 9.17) is 11.6 Å². The van der Waals surface area contributed by atoms with Crippen LogP contribution in [0.2, 0.25) is 5.02 Å². The van der Waals surface area contributed by atoms with E-state index in [0.717, 1.165) is 24.1 Å². The van der Waals surface area contributed by atoms with Gasteiger partial charge in [-0.05, 0) is 43.2 Å². The lowest BCUT2D eigenvalue weighted by Crippen LogP contribution is -2.34. The average molecular weight is 357 g/mol. The summed E-state index contributed by atoms with van der Waals surface area (Å²) >= 11 is 6.05. The van der Waals surface area contributed by atoms with Crippen molar-refractivity contribution in [2.45, 2.75) is 19.8 Å². The third-order valence-electron chi connectivity index (χ3n) is 4.88. The highest BCUT2D eigenvalue weighted by Gasteiger charge is 2.25. The number of hydrogen-bond acceptors (Lipinski definition) is 1. The monoisotopic (exact) mass is 356 g/mol. The molecule has 5 heteroatoms. The standard InChI is InChI=1S/C20H18ClFN2O/c1-12-5-6-17-14(11-12)13-7-9-24(10-8-18(13)23-17)20(25)19-15(21)3-2-4-16(19)22/h2-6,11,23H,7-10H2,1H3. The number of nitrogens with one attached hydrogen (secondary N) is 1. The van der Waals surface area contributed by atoms with Crippen LogP contribution in [-0.2, 0) is 12.8 Å². The molecule has 0 unspecified atom stereocenters. The lowest BCUT2D eigenvalue weighted by Gasteiger charge is -2.21. The minimum absolute atomic E-state index is 0.0320. The average Bonchev–Trinajstić information content (AvgIpc) is 2.78. The van der Waals surface area contributed by atoms with E-state index in [1.165, 1.54) is 28.6 Å². The number of benzene rings is 2. The zero-order chi connectivity index (χ0) is 17.6. The van der Waals surface area contributed by atoms with E-state index >= 15 is 0 Å². The fourth-order valence-corrected chi connectivity index (χ4v) is 3.83. The molecule has 0 atom stereocenters. The summed E-state index contributed by atoms with van der Waals surface area (Å²) < 4.78 is 14.1. The Morgan fingerprint density at radius 2 is 2.00 bits per heavy atom. The van der Waals surface area contributed by atoms with Crippen LogP contribution >= 0.6 is 11.6 Å². The third kappa shape index (κ3) is 2.81. The SMILES string of the molecule is Cc1ccc2[nH]c3c(c2c1)CCN(C(=O)c1c(F)cccc1Cl)CC3. The summed E-state index contributed by atoms with van der Waals surface area (Å²) in [5.74, 6) is -0.907. The van der Waals surface area contributed by atoms with Gasteiger partial charge in [0.05, 0.1) is 10.6 Å². The van der Waals surface area contributed by atoms with Crippen molar-refractivity contribution in [2.24, 2.45) is 0 Å². The molecule has 0 radical (unpaired) electrons. The highest BCUT2D eigenvalue weighted by molar-refractivity contribution is 6.33. The minimum Gasteiger partial charge on any atom is -0.358 e. The Morgan fingerprint density at radius 3 is 2.80 bits per heavy atom. The molecule has 2 heterocycles. The van der Waals surface area contributed by atoms with Gasteiger partial charge in [-0.25, -0.2) is 4.39 Å². The van der Waals surface area contributed by atoms with Crippen molar-refractivity contribution < 1.29 is 9.18 Å². The number of hydrogen-bond donors (Lipinski definition) is 1. The van der Waals surface area contributed by atoms with Crippen LogP contribution in [0.15, 0.2) is 36.4 Å². The lowest BCUT2D eigenvalue weighted by atomic mass is 10.1. The molecule has 0 spiro atoms. The molecule has 0 aliphatic carbocycles. The first kappa shape index (κ1) is 16.2. The van der Waals surface area contributed by atoms with E-state index in [-0.39, 0.29) is 16.5 Å². The van der Waals surface area contributed by atoms with Crippen molar-refractivity contribution in [3.05, 3.63) is 69.6 Å². The Hall–Kier alpha value is -2.33. The van der Waals surface area contributed by atoms with Gasteiger partial charge in [0.15, 0.2) is 0 Å². The van der Waals surface area contributed by atoms with Crippen molar-refractivity contribution in [1.82, 2.24) is 9.88 Å². The molecule has 1 amide bonds. The van der Waals surface area contributed by atoms with Crippen LogP contribution in [0.5, 0.6) is 0 Å². The summed E-state index contributed by atoms with van der Waals surface area (Å²) in [7, 11) is 0. The fourth-order valence-electron chi connectivity index (χ4n) is 3.58. The molecular formula is C20H18ClFN2O. The molecule has 25 heavy (non-hydrogen) atoms. The van der Waals surface area contributed by atoms with Crippen LogP contribution in [0.3, 0.4) is 0 Å².